The van der Waals surface area contributed by atoms with E-state index in [2.05, 4.69) is 32.2 Å². The summed E-state index contributed by atoms with van der Waals surface area (Å²) in [4.78, 5) is 13.3. The normalized spacial score (nSPS) is 19.1. The fourth-order valence-corrected chi connectivity index (χ4v) is 4.85. The molecular formula is C25H31NO3S. The van der Waals surface area contributed by atoms with Gasteiger partial charge in [0, 0.05) is 34.9 Å². The van der Waals surface area contributed by atoms with Crippen molar-refractivity contribution < 1.29 is 13.2 Å². The van der Waals surface area contributed by atoms with Crippen molar-refractivity contribution in [3.8, 4) is 0 Å². The van der Waals surface area contributed by atoms with Crippen LogP contribution in [0.15, 0.2) is 60.0 Å². The fraction of sp³-hybridized carbons (Fsp3) is 0.400. The molecule has 1 aliphatic rings. The van der Waals surface area contributed by atoms with Gasteiger partial charge in [0.2, 0.25) is 0 Å². The van der Waals surface area contributed by atoms with Gasteiger partial charge < -0.3 is 5.32 Å². The quantitative estimate of drug-likeness (QED) is 0.606. The van der Waals surface area contributed by atoms with Gasteiger partial charge in [-0.15, -0.1) is 0 Å². The van der Waals surface area contributed by atoms with Crippen LogP contribution in [0.3, 0.4) is 0 Å². The number of hydrogen-bond acceptors (Lipinski definition) is 4. The van der Waals surface area contributed by atoms with E-state index in [-0.39, 0.29) is 23.7 Å². The lowest BCUT2D eigenvalue weighted by atomic mass is 9.80. The second kappa shape index (κ2) is 8.76. The van der Waals surface area contributed by atoms with Gasteiger partial charge in [-0.1, -0.05) is 55.5 Å². The number of carbonyl (C=O) groups is 1. The number of sulfone groups is 1. The summed E-state index contributed by atoms with van der Waals surface area (Å²) in [7, 11) is -3.25. The molecule has 0 fully saturated rings. The molecule has 1 aliphatic heterocycles. The van der Waals surface area contributed by atoms with Crippen LogP contribution in [-0.2, 0) is 16.3 Å². The van der Waals surface area contributed by atoms with E-state index in [4.69, 9.17) is 0 Å². The minimum atomic E-state index is -3.25. The lowest BCUT2D eigenvalue weighted by Crippen LogP contribution is -2.37. The molecule has 0 amide bonds. The monoisotopic (exact) mass is 425 g/mol. The standard InChI is InChI=1S/C25H31NO3S/c1-18-17-25(2,3)26-24-21(18)11-8-12-22(24)23(27)16-20(13-14-30(4,28)29)15-19-9-6-5-7-10-19/h5-14,18,20,26H,15-17H2,1-4H3/b14-13+/t18-,20-/m1/s1. The summed E-state index contributed by atoms with van der Waals surface area (Å²) in [5.74, 6) is 0.206. The summed E-state index contributed by atoms with van der Waals surface area (Å²) in [5, 5.41) is 4.78. The SMILES string of the molecule is C[C@@H]1CC(C)(C)Nc2c(C(=O)C[C@H](/C=C/S(C)(=O)=O)Cc3ccccc3)cccc21. The number of nitrogens with one attached hydrogen (secondary N) is 1. The number of carbonyl (C=O) groups excluding carboxylic acids is 1. The summed E-state index contributed by atoms with van der Waals surface area (Å²) in [6, 6.07) is 15.8. The number of Topliss-reactive ketones (excluding diaryl/α,β-unsaturated/α-hetero) is 1. The zero-order valence-corrected chi connectivity index (χ0v) is 19.0. The summed E-state index contributed by atoms with van der Waals surface area (Å²) in [6.07, 6.45) is 4.71. The van der Waals surface area contributed by atoms with Crippen molar-refractivity contribution in [2.75, 3.05) is 11.6 Å². The van der Waals surface area contributed by atoms with Crippen LogP contribution < -0.4 is 5.32 Å². The van der Waals surface area contributed by atoms with Gasteiger partial charge >= 0.3 is 0 Å². The van der Waals surface area contributed by atoms with Crippen LogP contribution >= 0.6 is 0 Å². The van der Waals surface area contributed by atoms with Gasteiger partial charge in [0.15, 0.2) is 15.6 Å². The summed E-state index contributed by atoms with van der Waals surface area (Å²) < 4.78 is 23.3. The van der Waals surface area contributed by atoms with E-state index < -0.39 is 9.84 Å². The molecule has 0 saturated carbocycles. The molecule has 4 nitrogen and oxygen atoms in total. The van der Waals surface area contributed by atoms with Gasteiger partial charge in [0.25, 0.3) is 0 Å². The molecule has 5 heteroatoms. The second-order valence-corrected chi connectivity index (χ2v) is 11.1. The number of fused-ring (bicyclic) bond motifs is 1. The molecule has 160 valence electrons. The molecule has 0 spiro atoms. The number of para-hydroxylation sites is 1. The molecule has 0 unspecified atom stereocenters. The molecule has 1 heterocycles. The lowest BCUT2D eigenvalue weighted by molar-refractivity contribution is 0.0969. The van der Waals surface area contributed by atoms with Crippen LogP contribution in [-0.4, -0.2) is 26.0 Å². The number of rotatable bonds is 7. The number of benzene rings is 2. The molecule has 2 aromatic rings. The summed E-state index contributed by atoms with van der Waals surface area (Å²) in [6.45, 7) is 6.50. The zero-order valence-electron chi connectivity index (χ0n) is 18.2. The van der Waals surface area contributed by atoms with E-state index in [1.807, 2.05) is 42.5 Å². The first-order valence-electron chi connectivity index (χ1n) is 10.4. The average Bonchev–Trinajstić information content (AvgIpc) is 2.65. The van der Waals surface area contributed by atoms with Crippen molar-refractivity contribution in [2.45, 2.75) is 51.5 Å². The maximum Gasteiger partial charge on any atom is 0.168 e. The van der Waals surface area contributed by atoms with Crippen LogP contribution in [0.25, 0.3) is 0 Å². The Kier molecular flexibility index (Phi) is 6.51. The smallest absolute Gasteiger partial charge is 0.168 e. The Labute approximate surface area is 180 Å². The molecule has 0 saturated heterocycles. The Morgan fingerprint density at radius 2 is 1.87 bits per heavy atom. The number of anilines is 1. The van der Waals surface area contributed by atoms with Crippen LogP contribution in [0, 0.1) is 5.92 Å². The molecule has 3 rings (SSSR count). The zero-order chi connectivity index (χ0) is 21.9. The molecule has 30 heavy (non-hydrogen) atoms. The summed E-state index contributed by atoms with van der Waals surface area (Å²) >= 11 is 0. The Morgan fingerprint density at radius 3 is 2.53 bits per heavy atom. The van der Waals surface area contributed by atoms with Crippen molar-refractivity contribution >= 4 is 21.3 Å². The predicted octanol–water partition coefficient (Wildman–Crippen LogP) is 5.37. The van der Waals surface area contributed by atoms with Gasteiger partial charge in [-0.05, 0) is 55.7 Å². The van der Waals surface area contributed by atoms with E-state index in [0.29, 0.717) is 17.9 Å². The largest absolute Gasteiger partial charge is 0.379 e. The first-order valence-corrected chi connectivity index (χ1v) is 12.4. The third-order valence-electron chi connectivity index (χ3n) is 5.59. The van der Waals surface area contributed by atoms with Gasteiger partial charge in [-0.25, -0.2) is 8.42 Å². The molecule has 0 radical (unpaired) electrons. The van der Waals surface area contributed by atoms with Gasteiger partial charge in [-0.2, -0.15) is 0 Å². The Balaban J connectivity index is 1.89. The summed E-state index contributed by atoms with van der Waals surface area (Å²) in [5.41, 5.74) is 3.79. The second-order valence-electron chi connectivity index (χ2n) is 9.12. The first-order chi connectivity index (χ1) is 14.0. The van der Waals surface area contributed by atoms with Crippen molar-refractivity contribution in [2.24, 2.45) is 5.92 Å². The van der Waals surface area contributed by atoms with E-state index in [9.17, 15) is 13.2 Å². The predicted molar refractivity (Wildman–Crippen MR) is 124 cm³/mol. The molecule has 2 atom stereocenters. The van der Waals surface area contributed by atoms with Gasteiger partial charge in [0.05, 0.1) is 0 Å². The highest BCUT2D eigenvalue weighted by Crippen LogP contribution is 2.40. The van der Waals surface area contributed by atoms with Crippen LogP contribution in [0.2, 0.25) is 0 Å². The van der Waals surface area contributed by atoms with Crippen LogP contribution in [0.4, 0.5) is 5.69 Å². The maximum absolute atomic E-state index is 13.3. The molecule has 0 aromatic heterocycles. The molecular weight excluding hydrogens is 394 g/mol. The highest BCUT2D eigenvalue weighted by molar-refractivity contribution is 7.93. The minimum Gasteiger partial charge on any atom is -0.379 e. The highest BCUT2D eigenvalue weighted by Gasteiger charge is 2.32. The highest BCUT2D eigenvalue weighted by atomic mass is 32.2. The third-order valence-corrected chi connectivity index (χ3v) is 6.25. The molecule has 2 aromatic carbocycles. The third kappa shape index (κ3) is 5.82. The van der Waals surface area contributed by atoms with E-state index in [1.54, 1.807) is 6.08 Å². The van der Waals surface area contributed by atoms with Crippen molar-refractivity contribution in [1.82, 2.24) is 0 Å². The van der Waals surface area contributed by atoms with E-state index >= 15 is 0 Å². The molecule has 0 bridgehead atoms. The lowest BCUT2D eigenvalue weighted by Gasteiger charge is -2.38. The van der Waals surface area contributed by atoms with Crippen LogP contribution in [0.1, 0.15) is 61.0 Å². The number of hydrogen-bond donors (Lipinski definition) is 1. The number of allylic oxidation sites excluding steroid dienone is 1. The van der Waals surface area contributed by atoms with E-state index in [1.165, 1.54) is 17.2 Å². The topological polar surface area (TPSA) is 63.2 Å². The Hall–Kier alpha value is -2.40. The minimum absolute atomic E-state index is 0.0309. The first kappa shape index (κ1) is 22.3. The number of ketones is 1. The maximum atomic E-state index is 13.3. The average molecular weight is 426 g/mol. The molecule has 1 N–H and O–H groups in total. The van der Waals surface area contributed by atoms with Crippen molar-refractivity contribution in [3.63, 3.8) is 0 Å². The molecule has 0 aliphatic carbocycles. The van der Waals surface area contributed by atoms with Crippen molar-refractivity contribution in [3.05, 3.63) is 76.7 Å². The Bertz CT molecular complexity index is 1040. The fourth-order valence-electron chi connectivity index (χ4n) is 4.34. The van der Waals surface area contributed by atoms with Crippen molar-refractivity contribution in [1.29, 1.82) is 0 Å². The Morgan fingerprint density at radius 1 is 1.17 bits per heavy atom. The van der Waals surface area contributed by atoms with E-state index in [0.717, 1.165) is 17.7 Å². The van der Waals surface area contributed by atoms with Crippen LogP contribution in [0.5, 0.6) is 0 Å². The van der Waals surface area contributed by atoms with Gasteiger partial charge in [-0.3, -0.25) is 4.79 Å². The van der Waals surface area contributed by atoms with Gasteiger partial charge in [0.1, 0.15) is 0 Å².